The molecule has 0 unspecified atom stereocenters. The molecule has 1 aromatic carbocycles. The van der Waals surface area contributed by atoms with Crippen LogP contribution in [-0.4, -0.2) is 30.3 Å². The molecule has 2 rings (SSSR count). The van der Waals surface area contributed by atoms with Crippen molar-refractivity contribution < 1.29 is 24.1 Å². The molecular weight excluding hydrogens is 262 g/mol. The van der Waals surface area contributed by atoms with Crippen molar-refractivity contribution in [3.8, 4) is 23.1 Å². The molecule has 1 N–H and O–H groups in total. The van der Waals surface area contributed by atoms with Gasteiger partial charge < -0.3 is 19.3 Å². The quantitative estimate of drug-likeness (QED) is 0.903. The molecule has 0 aliphatic rings. The van der Waals surface area contributed by atoms with E-state index in [4.69, 9.17) is 19.3 Å². The Morgan fingerprint density at radius 3 is 2.35 bits per heavy atom. The highest BCUT2D eigenvalue weighted by molar-refractivity contribution is 5.87. The van der Waals surface area contributed by atoms with Gasteiger partial charge >= 0.3 is 5.97 Å². The predicted octanol–water partition coefficient (Wildman–Crippen LogP) is 2.59. The summed E-state index contributed by atoms with van der Waals surface area (Å²) < 4.78 is 16.0. The first-order valence-corrected chi connectivity index (χ1v) is 5.74. The minimum absolute atomic E-state index is 0.0869. The SMILES string of the molecule is COc1cccc(OC)c1Oc1cc(C(=O)O)ccn1. The van der Waals surface area contributed by atoms with Crippen LogP contribution in [0, 0.1) is 0 Å². The zero-order valence-corrected chi connectivity index (χ0v) is 11.0. The molecule has 0 fully saturated rings. The molecule has 6 heteroatoms. The lowest BCUT2D eigenvalue weighted by atomic mass is 10.2. The number of para-hydroxylation sites is 1. The number of carboxylic acid groups (broad SMARTS) is 1. The van der Waals surface area contributed by atoms with Gasteiger partial charge in [-0.05, 0) is 18.2 Å². The highest BCUT2D eigenvalue weighted by Gasteiger charge is 2.14. The summed E-state index contributed by atoms with van der Waals surface area (Å²) >= 11 is 0. The Kier molecular flexibility index (Phi) is 4.05. The van der Waals surface area contributed by atoms with Crippen LogP contribution in [-0.2, 0) is 0 Å². The first-order chi connectivity index (χ1) is 9.65. The van der Waals surface area contributed by atoms with Crippen LogP contribution in [0.2, 0.25) is 0 Å². The van der Waals surface area contributed by atoms with Crippen LogP contribution < -0.4 is 14.2 Å². The highest BCUT2D eigenvalue weighted by atomic mass is 16.5. The van der Waals surface area contributed by atoms with E-state index in [1.54, 1.807) is 18.2 Å². The molecule has 20 heavy (non-hydrogen) atoms. The van der Waals surface area contributed by atoms with E-state index in [1.807, 2.05) is 0 Å². The van der Waals surface area contributed by atoms with Crippen LogP contribution in [0.1, 0.15) is 10.4 Å². The van der Waals surface area contributed by atoms with Crippen LogP contribution >= 0.6 is 0 Å². The summed E-state index contributed by atoms with van der Waals surface area (Å²) in [6.45, 7) is 0. The van der Waals surface area contributed by atoms with Gasteiger partial charge in [0.1, 0.15) is 0 Å². The summed E-state index contributed by atoms with van der Waals surface area (Å²) in [4.78, 5) is 14.9. The van der Waals surface area contributed by atoms with Crippen LogP contribution in [0.15, 0.2) is 36.5 Å². The highest BCUT2D eigenvalue weighted by Crippen LogP contribution is 2.39. The van der Waals surface area contributed by atoms with Crippen molar-refractivity contribution in [3.05, 3.63) is 42.1 Å². The summed E-state index contributed by atoms with van der Waals surface area (Å²) in [5.74, 6) is 0.364. The van der Waals surface area contributed by atoms with Gasteiger partial charge in [0.15, 0.2) is 11.5 Å². The number of carboxylic acids is 1. The molecular formula is C14H13NO5. The first kappa shape index (κ1) is 13.7. The van der Waals surface area contributed by atoms with Crippen LogP contribution in [0.5, 0.6) is 23.1 Å². The summed E-state index contributed by atoms with van der Waals surface area (Å²) in [5.41, 5.74) is 0.0869. The third kappa shape index (κ3) is 2.80. The normalized spacial score (nSPS) is 9.90. The first-order valence-electron chi connectivity index (χ1n) is 5.74. The zero-order valence-electron chi connectivity index (χ0n) is 11.0. The second-order valence-electron chi connectivity index (χ2n) is 3.78. The topological polar surface area (TPSA) is 77.9 Å². The Bertz CT molecular complexity index is 604. The van der Waals surface area contributed by atoms with Crippen LogP contribution in [0.4, 0.5) is 0 Å². The number of hydrogen-bond donors (Lipinski definition) is 1. The van der Waals surface area contributed by atoms with Crippen molar-refractivity contribution in [1.29, 1.82) is 0 Å². The maximum Gasteiger partial charge on any atom is 0.335 e. The largest absolute Gasteiger partial charge is 0.493 e. The summed E-state index contributed by atoms with van der Waals surface area (Å²) in [6.07, 6.45) is 1.36. The number of ether oxygens (including phenoxy) is 3. The standard InChI is InChI=1S/C14H13NO5/c1-18-10-4-3-5-11(19-2)13(10)20-12-8-9(14(16)17)6-7-15-12/h3-8H,1-2H3,(H,16,17). The Balaban J connectivity index is 2.39. The zero-order chi connectivity index (χ0) is 14.5. The van der Waals surface area contributed by atoms with Crippen molar-refractivity contribution in [2.45, 2.75) is 0 Å². The minimum Gasteiger partial charge on any atom is -0.493 e. The molecule has 2 aromatic rings. The molecule has 104 valence electrons. The van der Waals surface area contributed by atoms with Crippen LogP contribution in [0.3, 0.4) is 0 Å². The van der Waals surface area contributed by atoms with Crippen LogP contribution in [0.25, 0.3) is 0 Å². The van der Waals surface area contributed by atoms with E-state index in [-0.39, 0.29) is 11.4 Å². The number of pyridine rings is 1. The second-order valence-corrected chi connectivity index (χ2v) is 3.78. The molecule has 0 saturated heterocycles. The second kappa shape index (κ2) is 5.92. The Hall–Kier alpha value is -2.76. The Labute approximate surface area is 115 Å². The maximum absolute atomic E-state index is 10.9. The molecule has 0 amide bonds. The fourth-order valence-corrected chi connectivity index (χ4v) is 1.62. The number of aromatic nitrogens is 1. The molecule has 6 nitrogen and oxygen atoms in total. The predicted molar refractivity (Wildman–Crippen MR) is 70.8 cm³/mol. The van der Waals surface area contributed by atoms with E-state index in [2.05, 4.69) is 4.98 Å². The number of rotatable bonds is 5. The van der Waals surface area contributed by atoms with E-state index in [0.29, 0.717) is 17.2 Å². The monoisotopic (exact) mass is 275 g/mol. The lowest BCUT2D eigenvalue weighted by Crippen LogP contribution is -1.99. The average molecular weight is 275 g/mol. The van der Waals surface area contributed by atoms with Gasteiger partial charge in [-0.1, -0.05) is 6.07 Å². The van der Waals surface area contributed by atoms with Gasteiger partial charge in [0.2, 0.25) is 11.6 Å². The van der Waals surface area contributed by atoms with E-state index in [1.165, 1.54) is 32.5 Å². The Morgan fingerprint density at radius 2 is 1.80 bits per heavy atom. The summed E-state index contributed by atoms with van der Waals surface area (Å²) in [6, 6.07) is 7.88. The molecule has 0 atom stereocenters. The lowest BCUT2D eigenvalue weighted by Gasteiger charge is -2.13. The number of benzene rings is 1. The summed E-state index contributed by atoms with van der Waals surface area (Å²) in [7, 11) is 3.01. The number of hydrogen-bond acceptors (Lipinski definition) is 5. The average Bonchev–Trinajstić information content (AvgIpc) is 2.47. The van der Waals surface area contributed by atoms with Gasteiger partial charge in [-0.3, -0.25) is 0 Å². The number of aromatic carboxylic acids is 1. The summed E-state index contributed by atoms with van der Waals surface area (Å²) in [5, 5.41) is 8.94. The Morgan fingerprint density at radius 1 is 1.15 bits per heavy atom. The number of nitrogens with zero attached hydrogens (tertiary/aromatic N) is 1. The molecule has 1 heterocycles. The molecule has 0 bridgehead atoms. The van der Waals surface area contributed by atoms with Crippen molar-refractivity contribution >= 4 is 5.97 Å². The van der Waals surface area contributed by atoms with Gasteiger partial charge in [0.05, 0.1) is 19.8 Å². The number of methoxy groups -OCH3 is 2. The minimum atomic E-state index is -1.05. The molecule has 1 aromatic heterocycles. The molecule has 0 spiro atoms. The van der Waals surface area contributed by atoms with Crippen molar-refractivity contribution in [2.75, 3.05) is 14.2 Å². The smallest absolute Gasteiger partial charge is 0.335 e. The van der Waals surface area contributed by atoms with Gasteiger partial charge in [-0.15, -0.1) is 0 Å². The van der Waals surface area contributed by atoms with Crippen molar-refractivity contribution in [3.63, 3.8) is 0 Å². The fourth-order valence-electron chi connectivity index (χ4n) is 1.62. The molecule has 0 aliphatic carbocycles. The maximum atomic E-state index is 10.9. The van der Waals surface area contributed by atoms with Gasteiger partial charge in [-0.2, -0.15) is 0 Å². The van der Waals surface area contributed by atoms with E-state index >= 15 is 0 Å². The van der Waals surface area contributed by atoms with Gasteiger partial charge in [0.25, 0.3) is 0 Å². The van der Waals surface area contributed by atoms with Crippen molar-refractivity contribution in [1.82, 2.24) is 4.98 Å². The third-order valence-electron chi connectivity index (χ3n) is 2.57. The third-order valence-corrected chi connectivity index (χ3v) is 2.57. The van der Waals surface area contributed by atoms with E-state index < -0.39 is 5.97 Å². The van der Waals surface area contributed by atoms with E-state index in [9.17, 15) is 4.79 Å². The molecule has 0 aliphatic heterocycles. The molecule has 0 radical (unpaired) electrons. The molecule has 0 saturated carbocycles. The van der Waals surface area contributed by atoms with Gasteiger partial charge in [-0.25, -0.2) is 9.78 Å². The lowest BCUT2D eigenvalue weighted by molar-refractivity contribution is 0.0696. The van der Waals surface area contributed by atoms with Gasteiger partial charge in [0, 0.05) is 12.3 Å². The van der Waals surface area contributed by atoms with Crippen molar-refractivity contribution in [2.24, 2.45) is 0 Å². The number of carbonyl (C=O) groups is 1. The van der Waals surface area contributed by atoms with E-state index in [0.717, 1.165) is 0 Å². The fraction of sp³-hybridized carbons (Fsp3) is 0.143.